The van der Waals surface area contributed by atoms with E-state index in [0.717, 1.165) is 19.4 Å². The van der Waals surface area contributed by atoms with Crippen LogP contribution in [0.2, 0.25) is 0 Å². The average Bonchev–Trinajstić information content (AvgIpc) is 2.39. The molecular weight excluding hydrogens is 347 g/mol. The lowest BCUT2D eigenvalue weighted by molar-refractivity contribution is 0.0685. The molecule has 0 atom stereocenters. The van der Waals surface area contributed by atoms with E-state index in [0.29, 0.717) is 23.5 Å². The van der Waals surface area contributed by atoms with Gasteiger partial charge in [-0.15, -0.1) is 12.4 Å². The molecular formula is C14H19BrClFN2O. The number of hydrogen-bond donors (Lipinski definition) is 1. The Morgan fingerprint density at radius 2 is 2.10 bits per heavy atom. The first-order valence-electron chi connectivity index (χ1n) is 6.51. The predicted octanol–water partition coefficient (Wildman–Crippen LogP) is 3.08. The Morgan fingerprint density at radius 1 is 1.45 bits per heavy atom. The summed E-state index contributed by atoms with van der Waals surface area (Å²) in [5.74, 6) is -0.0669. The Balaban J connectivity index is 0.00000200. The molecule has 1 saturated heterocycles. The van der Waals surface area contributed by atoms with Crippen molar-refractivity contribution in [2.24, 2.45) is 5.92 Å². The number of hydrogen-bond acceptors (Lipinski definition) is 2. The minimum absolute atomic E-state index is 0. The molecule has 112 valence electrons. The summed E-state index contributed by atoms with van der Waals surface area (Å²) in [7, 11) is 1.94. The lowest BCUT2D eigenvalue weighted by Crippen LogP contribution is -2.40. The second-order valence-electron chi connectivity index (χ2n) is 4.89. The molecule has 1 N–H and O–H groups in total. The molecule has 2 rings (SSSR count). The second-order valence-corrected chi connectivity index (χ2v) is 5.74. The van der Waals surface area contributed by atoms with Gasteiger partial charge in [0.05, 0.1) is 5.56 Å². The van der Waals surface area contributed by atoms with Crippen molar-refractivity contribution in [1.82, 2.24) is 10.2 Å². The molecule has 1 amide bonds. The summed E-state index contributed by atoms with van der Waals surface area (Å²) in [5.41, 5.74) is 0.148. The van der Waals surface area contributed by atoms with Gasteiger partial charge in [-0.1, -0.05) is 6.07 Å². The van der Waals surface area contributed by atoms with Crippen LogP contribution in [-0.2, 0) is 0 Å². The van der Waals surface area contributed by atoms with Gasteiger partial charge in [-0.3, -0.25) is 4.79 Å². The van der Waals surface area contributed by atoms with Gasteiger partial charge in [-0.2, -0.15) is 0 Å². The van der Waals surface area contributed by atoms with E-state index >= 15 is 0 Å². The van der Waals surface area contributed by atoms with Gasteiger partial charge in [0.2, 0.25) is 0 Å². The fraction of sp³-hybridized carbons (Fsp3) is 0.500. The zero-order valence-corrected chi connectivity index (χ0v) is 13.8. The number of likely N-dealkylation sites (tertiary alicyclic amines) is 1. The van der Waals surface area contributed by atoms with Crippen molar-refractivity contribution < 1.29 is 9.18 Å². The summed E-state index contributed by atoms with van der Waals surface area (Å²) in [5, 5.41) is 3.16. The van der Waals surface area contributed by atoms with Crippen LogP contribution in [0.15, 0.2) is 22.7 Å². The third kappa shape index (κ3) is 3.93. The monoisotopic (exact) mass is 364 g/mol. The average molecular weight is 366 g/mol. The molecule has 1 heterocycles. The number of carbonyl (C=O) groups is 1. The van der Waals surface area contributed by atoms with Crippen LogP contribution < -0.4 is 5.32 Å². The molecule has 0 saturated carbocycles. The summed E-state index contributed by atoms with van der Waals surface area (Å²) in [4.78, 5) is 14.1. The molecule has 6 heteroatoms. The summed E-state index contributed by atoms with van der Waals surface area (Å²) in [6, 6.07) is 4.62. The van der Waals surface area contributed by atoms with Crippen molar-refractivity contribution in [2.45, 2.75) is 12.8 Å². The van der Waals surface area contributed by atoms with Crippen LogP contribution in [0.3, 0.4) is 0 Å². The zero-order chi connectivity index (χ0) is 13.8. The van der Waals surface area contributed by atoms with Crippen molar-refractivity contribution in [2.75, 3.05) is 26.7 Å². The minimum Gasteiger partial charge on any atom is -0.339 e. The molecule has 3 nitrogen and oxygen atoms in total. The number of nitrogens with zero attached hydrogens (tertiary/aromatic N) is 1. The van der Waals surface area contributed by atoms with Gasteiger partial charge < -0.3 is 10.2 Å². The van der Waals surface area contributed by atoms with Gasteiger partial charge in [0.25, 0.3) is 5.91 Å². The standard InChI is InChI=1S/C14H18BrFN2O.ClH/c1-17-9-10-5-7-18(8-6-10)14(19)13-11(15)3-2-4-12(13)16;/h2-4,10,17H,5-9H2,1H3;1H. The van der Waals surface area contributed by atoms with E-state index in [9.17, 15) is 9.18 Å². The fourth-order valence-electron chi connectivity index (χ4n) is 2.49. The molecule has 1 aliphatic heterocycles. The molecule has 20 heavy (non-hydrogen) atoms. The largest absolute Gasteiger partial charge is 0.339 e. The van der Waals surface area contributed by atoms with Crippen LogP contribution in [0.1, 0.15) is 23.2 Å². The van der Waals surface area contributed by atoms with Gasteiger partial charge in [0.15, 0.2) is 0 Å². The maximum absolute atomic E-state index is 13.8. The fourth-order valence-corrected chi connectivity index (χ4v) is 3.00. The first-order chi connectivity index (χ1) is 9.13. The lowest BCUT2D eigenvalue weighted by atomic mass is 9.96. The van der Waals surface area contributed by atoms with Crippen molar-refractivity contribution in [3.8, 4) is 0 Å². The van der Waals surface area contributed by atoms with Gasteiger partial charge in [0.1, 0.15) is 5.82 Å². The molecule has 0 aliphatic carbocycles. The van der Waals surface area contributed by atoms with Crippen LogP contribution in [-0.4, -0.2) is 37.5 Å². The maximum atomic E-state index is 13.8. The highest BCUT2D eigenvalue weighted by atomic mass is 79.9. The first-order valence-corrected chi connectivity index (χ1v) is 7.30. The molecule has 0 bridgehead atoms. The van der Waals surface area contributed by atoms with Crippen LogP contribution >= 0.6 is 28.3 Å². The van der Waals surface area contributed by atoms with Gasteiger partial charge in [-0.25, -0.2) is 4.39 Å². The van der Waals surface area contributed by atoms with Gasteiger partial charge in [-0.05, 0) is 60.4 Å². The number of piperidine rings is 1. The van der Waals surface area contributed by atoms with E-state index in [1.165, 1.54) is 6.07 Å². The lowest BCUT2D eigenvalue weighted by Gasteiger charge is -2.32. The molecule has 0 unspecified atom stereocenters. The first kappa shape index (κ1) is 17.4. The summed E-state index contributed by atoms with van der Waals surface area (Å²) < 4.78 is 14.3. The minimum atomic E-state index is -0.461. The van der Waals surface area contributed by atoms with Crippen molar-refractivity contribution in [3.05, 3.63) is 34.1 Å². The van der Waals surface area contributed by atoms with E-state index in [2.05, 4.69) is 21.2 Å². The predicted molar refractivity (Wildman–Crippen MR) is 83.9 cm³/mol. The molecule has 1 fully saturated rings. The van der Waals surface area contributed by atoms with E-state index in [4.69, 9.17) is 0 Å². The highest BCUT2D eigenvalue weighted by molar-refractivity contribution is 9.10. The molecule has 0 aromatic heterocycles. The third-order valence-corrected chi connectivity index (χ3v) is 4.23. The number of nitrogens with one attached hydrogen (secondary N) is 1. The summed E-state index contributed by atoms with van der Waals surface area (Å²) >= 11 is 3.25. The van der Waals surface area contributed by atoms with Crippen LogP contribution in [0.4, 0.5) is 4.39 Å². The van der Waals surface area contributed by atoms with Crippen LogP contribution in [0, 0.1) is 11.7 Å². The van der Waals surface area contributed by atoms with E-state index in [1.54, 1.807) is 17.0 Å². The van der Waals surface area contributed by atoms with Crippen molar-refractivity contribution in [3.63, 3.8) is 0 Å². The zero-order valence-electron chi connectivity index (χ0n) is 11.4. The van der Waals surface area contributed by atoms with Gasteiger partial charge >= 0.3 is 0 Å². The highest BCUT2D eigenvalue weighted by Gasteiger charge is 2.26. The van der Waals surface area contributed by atoms with E-state index in [-0.39, 0.29) is 23.9 Å². The SMILES string of the molecule is CNCC1CCN(C(=O)c2c(F)cccc2Br)CC1.Cl. The molecule has 0 spiro atoms. The maximum Gasteiger partial charge on any atom is 0.257 e. The number of halogens is 3. The van der Waals surface area contributed by atoms with Crippen molar-refractivity contribution in [1.29, 1.82) is 0 Å². The van der Waals surface area contributed by atoms with Crippen molar-refractivity contribution >= 4 is 34.2 Å². The summed E-state index contributed by atoms with van der Waals surface area (Å²) in [6.07, 6.45) is 1.94. The normalized spacial score (nSPS) is 15.8. The topological polar surface area (TPSA) is 32.3 Å². The van der Waals surface area contributed by atoms with E-state index in [1.807, 2.05) is 7.05 Å². The molecule has 1 aromatic carbocycles. The molecule has 0 radical (unpaired) electrons. The third-order valence-electron chi connectivity index (χ3n) is 3.57. The highest BCUT2D eigenvalue weighted by Crippen LogP contribution is 2.24. The van der Waals surface area contributed by atoms with Crippen LogP contribution in [0.5, 0.6) is 0 Å². The summed E-state index contributed by atoms with van der Waals surface area (Å²) in [6.45, 7) is 2.38. The van der Waals surface area contributed by atoms with E-state index < -0.39 is 5.82 Å². The number of benzene rings is 1. The van der Waals surface area contributed by atoms with Crippen LogP contribution in [0.25, 0.3) is 0 Å². The Bertz CT molecular complexity index is 444. The Labute approximate surface area is 133 Å². The quantitative estimate of drug-likeness (QED) is 0.893. The number of carbonyl (C=O) groups excluding carboxylic acids is 1. The Kier molecular flexibility index (Phi) is 6.92. The Morgan fingerprint density at radius 3 is 2.65 bits per heavy atom. The number of amides is 1. The number of rotatable bonds is 3. The Hall–Kier alpha value is -0.650. The molecule has 1 aromatic rings. The smallest absolute Gasteiger partial charge is 0.257 e. The van der Waals surface area contributed by atoms with Gasteiger partial charge in [0, 0.05) is 17.6 Å². The second kappa shape index (κ2) is 7.96. The molecule has 1 aliphatic rings.